The molecule has 108 valence electrons. The van der Waals surface area contributed by atoms with Crippen LogP contribution in [0.1, 0.15) is 33.6 Å². The van der Waals surface area contributed by atoms with Crippen LogP contribution in [0.15, 0.2) is 0 Å². The SMILES string of the molecule is COCCOCCCCNC(=O)C(N)C(C)(C)C. The first kappa shape index (κ1) is 17.4. The van der Waals surface area contributed by atoms with Crippen LogP contribution in [0, 0.1) is 5.41 Å². The van der Waals surface area contributed by atoms with E-state index >= 15 is 0 Å². The van der Waals surface area contributed by atoms with Crippen LogP contribution in [0.3, 0.4) is 0 Å². The van der Waals surface area contributed by atoms with Crippen LogP contribution >= 0.6 is 0 Å². The number of rotatable bonds is 9. The molecule has 1 amide bonds. The van der Waals surface area contributed by atoms with Crippen molar-refractivity contribution in [1.29, 1.82) is 0 Å². The highest BCUT2D eigenvalue weighted by Gasteiger charge is 2.26. The second-order valence-corrected chi connectivity index (χ2v) is 5.45. The predicted molar refractivity (Wildman–Crippen MR) is 72.4 cm³/mol. The van der Waals surface area contributed by atoms with Gasteiger partial charge in [0.05, 0.1) is 19.3 Å². The number of methoxy groups -OCH3 is 1. The van der Waals surface area contributed by atoms with Crippen LogP contribution in [-0.4, -0.2) is 45.4 Å². The minimum absolute atomic E-state index is 0.0807. The van der Waals surface area contributed by atoms with Crippen molar-refractivity contribution in [2.45, 2.75) is 39.7 Å². The van der Waals surface area contributed by atoms with Crippen molar-refractivity contribution in [2.75, 3.05) is 33.5 Å². The smallest absolute Gasteiger partial charge is 0.237 e. The highest BCUT2D eigenvalue weighted by molar-refractivity contribution is 5.82. The van der Waals surface area contributed by atoms with E-state index in [1.165, 1.54) is 0 Å². The van der Waals surface area contributed by atoms with Gasteiger partial charge in [0.25, 0.3) is 0 Å². The standard InChI is InChI=1S/C13H28N2O3/c1-13(2,3)11(14)12(16)15-7-5-6-8-18-10-9-17-4/h11H,5-10,14H2,1-4H3,(H,15,16). The van der Waals surface area contributed by atoms with Gasteiger partial charge >= 0.3 is 0 Å². The van der Waals surface area contributed by atoms with E-state index < -0.39 is 6.04 Å². The molecule has 0 spiro atoms. The van der Waals surface area contributed by atoms with Crippen molar-refractivity contribution in [3.05, 3.63) is 0 Å². The third kappa shape index (κ3) is 8.44. The fraction of sp³-hybridized carbons (Fsp3) is 0.923. The maximum Gasteiger partial charge on any atom is 0.237 e. The van der Waals surface area contributed by atoms with Crippen molar-refractivity contribution in [2.24, 2.45) is 11.1 Å². The first-order chi connectivity index (χ1) is 8.39. The molecular formula is C13H28N2O3. The van der Waals surface area contributed by atoms with Crippen LogP contribution in [0.25, 0.3) is 0 Å². The van der Waals surface area contributed by atoms with Gasteiger partial charge in [-0.1, -0.05) is 20.8 Å². The minimum Gasteiger partial charge on any atom is -0.382 e. The molecule has 0 bridgehead atoms. The molecule has 1 unspecified atom stereocenters. The lowest BCUT2D eigenvalue weighted by molar-refractivity contribution is -0.124. The Morgan fingerprint density at radius 2 is 1.89 bits per heavy atom. The van der Waals surface area contributed by atoms with Crippen molar-refractivity contribution < 1.29 is 14.3 Å². The summed E-state index contributed by atoms with van der Waals surface area (Å²) in [6.07, 6.45) is 1.82. The van der Waals surface area contributed by atoms with Crippen molar-refractivity contribution >= 4 is 5.91 Å². The summed E-state index contributed by atoms with van der Waals surface area (Å²) in [6, 6.07) is -0.463. The lowest BCUT2D eigenvalue weighted by atomic mass is 9.87. The fourth-order valence-corrected chi connectivity index (χ4v) is 1.29. The largest absolute Gasteiger partial charge is 0.382 e. The quantitative estimate of drug-likeness (QED) is 0.605. The van der Waals surface area contributed by atoms with Gasteiger partial charge in [-0.3, -0.25) is 4.79 Å². The topological polar surface area (TPSA) is 73.6 Å². The molecule has 0 saturated carbocycles. The molecule has 0 aromatic carbocycles. The van der Waals surface area contributed by atoms with Gasteiger partial charge < -0.3 is 20.5 Å². The van der Waals surface area contributed by atoms with Crippen LogP contribution < -0.4 is 11.1 Å². The van der Waals surface area contributed by atoms with Crippen LogP contribution in [0.5, 0.6) is 0 Å². The molecular weight excluding hydrogens is 232 g/mol. The Morgan fingerprint density at radius 1 is 1.22 bits per heavy atom. The van der Waals surface area contributed by atoms with Gasteiger partial charge in [-0.15, -0.1) is 0 Å². The summed E-state index contributed by atoms with van der Waals surface area (Å²) in [6.45, 7) is 8.47. The summed E-state index contributed by atoms with van der Waals surface area (Å²) in [5.74, 6) is -0.0807. The molecule has 1 atom stereocenters. The number of amides is 1. The predicted octanol–water partition coefficient (Wildman–Crippen LogP) is 0.919. The van der Waals surface area contributed by atoms with Gasteiger partial charge in [-0.25, -0.2) is 0 Å². The normalized spacial score (nSPS) is 13.4. The minimum atomic E-state index is -0.463. The van der Waals surface area contributed by atoms with Gasteiger partial charge in [0.15, 0.2) is 0 Å². The highest BCUT2D eigenvalue weighted by atomic mass is 16.5. The number of carbonyl (C=O) groups is 1. The van der Waals surface area contributed by atoms with Crippen molar-refractivity contribution in [1.82, 2.24) is 5.32 Å². The molecule has 0 aliphatic heterocycles. The van der Waals surface area contributed by atoms with Gasteiger partial charge in [-0.2, -0.15) is 0 Å². The number of unbranched alkanes of at least 4 members (excludes halogenated alkanes) is 1. The van der Waals surface area contributed by atoms with Crippen LogP contribution in [0.4, 0.5) is 0 Å². The molecule has 0 aromatic rings. The van der Waals surface area contributed by atoms with Gasteiger partial charge in [0, 0.05) is 20.3 Å². The fourth-order valence-electron chi connectivity index (χ4n) is 1.29. The lowest BCUT2D eigenvalue weighted by Crippen LogP contribution is -2.48. The molecule has 0 radical (unpaired) electrons. The summed E-state index contributed by atoms with van der Waals surface area (Å²) in [5.41, 5.74) is 5.64. The Labute approximate surface area is 110 Å². The summed E-state index contributed by atoms with van der Waals surface area (Å²) in [5, 5.41) is 2.85. The Kier molecular flexibility index (Phi) is 8.97. The highest BCUT2D eigenvalue weighted by Crippen LogP contribution is 2.16. The number of hydrogen-bond donors (Lipinski definition) is 2. The van der Waals surface area contributed by atoms with Crippen LogP contribution in [0.2, 0.25) is 0 Å². The number of nitrogens with two attached hydrogens (primary N) is 1. The third-order valence-electron chi connectivity index (χ3n) is 2.66. The van der Waals surface area contributed by atoms with Crippen molar-refractivity contribution in [3.8, 4) is 0 Å². The second-order valence-electron chi connectivity index (χ2n) is 5.45. The van der Waals surface area contributed by atoms with E-state index in [4.69, 9.17) is 15.2 Å². The van der Waals surface area contributed by atoms with Gasteiger partial charge in [-0.05, 0) is 18.3 Å². The molecule has 0 aliphatic carbocycles. The van der Waals surface area contributed by atoms with E-state index in [9.17, 15) is 4.79 Å². The molecule has 18 heavy (non-hydrogen) atoms. The molecule has 5 nitrogen and oxygen atoms in total. The molecule has 5 heteroatoms. The lowest BCUT2D eigenvalue weighted by Gasteiger charge is -2.25. The molecule has 0 aromatic heterocycles. The Bertz CT molecular complexity index is 227. The average Bonchev–Trinajstić information content (AvgIpc) is 2.30. The molecule has 3 N–H and O–H groups in total. The summed E-state index contributed by atoms with van der Waals surface area (Å²) in [7, 11) is 1.65. The molecule has 0 aliphatic rings. The molecule has 0 fully saturated rings. The molecule has 0 rings (SSSR count). The first-order valence-electron chi connectivity index (χ1n) is 6.49. The first-order valence-corrected chi connectivity index (χ1v) is 6.49. The Hall–Kier alpha value is -0.650. The zero-order valence-electron chi connectivity index (χ0n) is 12.1. The number of hydrogen-bond acceptors (Lipinski definition) is 4. The zero-order chi connectivity index (χ0) is 14.0. The van der Waals surface area contributed by atoms with E-state index in [1.54, 1.807) is 7.11 Å². The van der Waals surface area contributed by atoms with Crippen LogP contribution in [-0.2, 0) is 14.3 Å². The summed E-state index contributed by atoms with van der Waals surface area (Å²) >= 11 is 0. The van der Waals surface area contributed by atoms with E-state index in [0.717, 1.165) is 12.8 Å². The zero-order valence-corrected chi connectivity index (χ0v) is 12.1. The Morgan fingerprint density at radius 3 is 2.44 bits per heavy atom. The van der Waals surface area contributed by atoms with E-state index in [1.807, 2.05) is 20.8 Å². The number of ether oxygens (including phenoxy) is 2. The van der Waals surface area contributed by atoms with E-state index in [0.29, 0.717) is 26.4 Å². The molecule has 0 heterocycles. The van der Waals surface area contributed by atoms with Gasteiger partial charge in [0.2, 0.25) is 5.91 Å². The van der Waals surface area contributed by atoms with E-state index in [-0.39, 0.29) is 11.3 Å². The van der Waals surface area contributed by atoms with Crippen molar-refractivity contribution in [3.63, 3.8) is 0 Å². The maximum absolute atomic E-state index is 11.7. The van der Waals surface area contributed by atoms with Gasteiger partial charge in [0.1, 0.15) is 0 Å². The summed E-state index contributed by atoms with van der Waals surface area (Å²) in [4.78, 5) is 11.7. The van der Waals surface area contributed by atoms with E-state index in [2.05, 4.69) is 5.32 Å². The maximum atomic E-state index is 11.7. The monoisotopic (exact) mass is 260 g/mol. The Balaban J connectivity index is 3.47. The summed E-state index contributed by atoms with van der Waals surface area (Å²) < 4.78 is 10.2. The third-order valence-corrected chi connectivity index (χ3v) is 2.66. The number of nitrogens with one attached hydrogen (secondary N) is 1. The number of carbonyl (C=O) groups excluding carboxylic acids is 1. The molecule has 0 saturated heterocycles. The second kappa shape index (κ2) is 9.30. The average molecular weight is 260 g/mol.